The predicted molar refractivity (Wildman–Crippen MR) is 92.5 cm³/mol. The average Bonchev–Trinajstić information content (AvgIpc) is 3.57. The molecule has 2 aliphatic rings. The highest BCUT2D eigenvalue weighted by molar-refractivity contribution is 5.45. The van der Waals surface area contributed by atoms with Crippen molar-refractivity contribution in [2.24, 2.45) is 5.92 Å². The van der Waals surface area contributed by atoms with Gasteiger partial charge in [-0.1, -0.05) is 0 Å². The molecule has 3 heterocycles. The monoisotopic (exact) mass is 336 g/mol. The number of rotatable bonds is 7. The maximum Gasteiger partial charge on any atom is 0.213 e. The van der Waals surface area contributed by atoms with Gasteiger partial charge >= 0.3 is 0 Å². The van der Waals surface area contributed by atoms with Crippen LogP contribution in [0.2, 0.25) is 0 Å². The zero-order valence-corrected chi connectivity index (χ0v) is 13.9. The SMILES string of the molecule is c1cc(CNc2ccc3nnc(C4CC4)n3n2)cc(OCC2CC2)n1. The Morgan fingerprint density at radius 2 is 2.04 bits per heavy atom. The molecule has 7 nitrogen and oxygen atoms in total. The minimum Gasteiger partial charge on any atom is -0.477 e. The Hall–Kier alpha value is -2.70. The highest BCUT2D eigenvalue weighted by atomic mass is 16.5. The summed E-state index contributed by atoms with van der Waals surface area (Å²) in [5, 5.41) is 16.5. The van der Waals surface area contributed by atoms with E-state index in [2.05, 4.69) is 25.6 Å². The molecule has 3 aromatic heterocycles. The first kappa shape index (κ1) is 14.6. The highest BCUT2D eigenvalue weighted by Gasteiger charge is 2.29. The fourth-order valence-electron chi connectivity index (χ4n) is 2.82. The van der Waals surface area contributed by atoms with Gasteiger partial charge in [0.15, 0.2) is 11.5 Å². The summed E-state index contributed by atoms with van der Waals surface area (Å²) in [5.41, 5.74) is 1.92. The molecule has 0 aliphatic heterocycles. The number of nitrogens with one attached hydrogen (secondary N) is 1. The molecule has 7 heteroatoms. The lowest BCUT2D eigenvalue weighted by molar-refractivity contribution is 0.288. The van der Waals surface area contributed by atoms with Crippen molar-refractivity contribution in [2.75, 3.05) is 11.9 Å². The quantitative estimate of drug-likeness (QED) is 0.715. The summed E-state index contributed by atoms with van der Waals surface area (Å²) in [5.74, 6) is 3.72. The summed E-state index contributed by atoms with van der Waals surface area (Å²) in [6, 6.07) is 7.86. The molecule has 0 radical (unpaired) electrons. The number of aromatic nitrogens is 5. The first-order valence-electron chi connectivity index (χ1n) is 8.89. The van der Waals surface area contributed by atoms with Crippen molar-refractivity contribution < 1.29 is 4.74 Å². The molecule has 3 aromatic rings. The molecule has 0 bridgehead atoms. The van der Waals surface area contributed by atoms with Crippen LogP contribution in [0.3, 0.4) is 0 Å². The minimum absolute atomic E-state index is 0.518. The van der Waals surface area contributed by atoms with Crippen molar-refractivity contribution in [2.45, 2.75) is 38.1 Å². The topological polar surface area (TPSA) is 77.2 Å². The van der Waals surface area contributed by atoms with Gasteiger partial charge in [0.1, 0.15) is 5.82 Å². The summed E-state index contributed by atoms with van der Waals surface area (Å²) < 4.78 is 7.60. The number of anilines is 1. The third-order valence-electron chi connectivity index (χ3n) is 4.67. The fraction of sp³-hybridized carbons (Fsp3) is 0.444. The van der Waals surface area contributed by atoms with Gasteiger partial charge in [-0.15, -0.1) is 15.3 Å². The maximum absolute atomic E-state index is 5.74. The van der Waals surface area contributed by atoms with Crippen LogP contribution in [0.5, 0.6) is 5.88 Å². The Balaban J connectivity index is 1.28. The van der Waals surface area contributed by atoms with Gasteiger partial charge in [0.05, 0.1) is 6.61 Å². The minimum atomic E-state index is 0.518. The van der Waals surface area contributed by atoms with Gasteiger partial charge in [0.25, 0.3) is 0 Å². The number of ether oxygens (including phenoxy) is 1. The summed E-state index contributed by atoms with van der Waals surface area (Å²) in [6.07, 6.45) is 6.71. The lowest BCUT2D eigenvalue weighted by Crippen LogP contribution is -2.06. The molecule has 0 unspecified atom stereocenters. The van der Waals surface area contributed by atoms with Crippen LogP contribution in [0.4, 0.5) is 5.82 Å². The molecule has 2 saturated carbocycles. The summed E-state index contributed by atoms with van der Waals surface area (Å²) in [7, 11) is 0. The molecular weight excluding hydrogens is 316 g/mol. The molecule has 2 aliphatic carbocycles. The van der Waals surface area contributed by atoms with E-state index >= 15 is 0 Å². The lowest BCUT2D eigenvalue weighted by Gasteiger charge is -2.08. The molecule has 5 rings (SSSR count). The first-order chi connectivity index (χ1) is 12.3. The smallest absolute Gasteiger partial charge is 0.213 e. The molecule has 1 N–H and O–H groups in total. The second kappa shape index (κ2) is 5.98. The van der Waals surface area contributed by atoms with E-state index in [1.165, 1.54) is 25.7 Å². The van der Waals surface area contributed by atoms with E-state index < -0.39 is 0 Å². The zero-order chi connectivity index (χ0) is 16.6. The highest BCUT2D eigenvalue weighted by Crippen LogP contribution is 2.38. The number of hydrogen-bond donors (Lipinski definition) is 1. The molecule has 0 spiro atoms. The Labute approximate surface area is 145 Å². The van der Waals surface area contributed by atoms with Gasteiger partial charge in [0.2, 0.25) is 5.88 Å². The number of pyridine rings is 1. The first-order valence-corrected chi connectivity index (χ1v) is 8.89. The normalized spacial score (nSPS) is 17.0. The Morgan fingerprint density at radius 1 is 1.12 bits per heavy atom. The Kier molecular flexibility index (Phi) is 3.50. The molecule has 2 fully saturated rings. The molecule has 25 heavy (non-hydrogen) atoms. The summed E-state index contributed by atoms with van der Waals surface area (Å²) >= 11 is 0. The van der Waals surface area contributed by atoms with Crippen LogP contribution in [0.1, 0.15) is 43.0 Å². The molecule has 0 saturated heterocycles. The number of nitrogens with zero attached hydrogens (tertiary/aromatic N) is 5. The van der Waals surface area contributed by atoms with E-state index in [9.17, 15) is 0 Å². The van der Waals surface area contributed by atoms with Crippen LogP contribution < -0.4 is 10.1 Å². The van der Waals surface area contributed by atoms with E-state index in [0.29, 0.717) is 18.3 Å². The van der Waals surface area contributed by atoms with Gasteiger partial charge in [-0.05, 0) is 55.4 Å². The van der Waals surface area contributed by atoms with Gasteiger partial charge in [0, 0.05) is 24.7 Å². The molecular formula is C18H20N6O. The largest absolute Gasteiger partial charge is 0.477 e. The van der Waals surface area contributed by atoms with E-state index in [1.807, 2.05) is 28.8 Å². The number of hydrogen-bond acceptors (Lipinski definition) is 6. The third-order valence-corrected chi connectivity index (χ3v) is 4.67. The van der Waals surface area contributed by atoms with Crippen molar-refractivity contribution in [3.63, 3.8) is 0 Å². The summed E-state index contributed by atoms with van der Waals surface area (Å²) in [6.45, 7) is 1.45. The van der Waals surface area contributed by atoms with Crippen LogP contribution in [-0.2, 0) is 6.54 Å². The van der Waals surface area contributed by atoms with E-state index in [-0.39, 0.29) is 0 Å². The van der Waals surface area contributed by atoms with Gasteiger partial charge in [-0.3, -0.25) is 0 Å². The molecule has 0 aromatic carbocycles. The second-order valence-electron chi connectivity index (χ2n) is 6.93. The van der Waals surface area contributed by atoms with Crippen molar-refractivity contribution in [3.05, 3.63) is 41.9 Å². The van der Waals surface area contributed by atoms with Crippen LogP contribution >= 0.6 is 0 Å². The zero-order valence-electron chi connectivity index (χ0n) is 13.9. The van der Waals surface area contributed by atoms with Crippen LogP contribution in [0.15, 0.2) is 30.5 Å². The van der Waals surface area contributed by atoms with Crippen LogP contribution in [0.25, 0.3) is 5.65 Å². The predicted octanol–water partition coefficient (Wildman–Crippen LogP) is 2.80. The van der Waals surface area contributed by atoms with Gasteiger partial charge in [-0.25, -0.2) is 4.98 Å². The second-order valence-corrected chi connectivity index (χ2v) is 6.93. The standard InChI is InChI=1S/C18H20N6O/c1-2-12(1)11-25-17-9-13(7-8-19-17)10-20-15-5-6-16-21-22-18(14-3-4-14)24(16)23-15/h5-9,12,14H,1-4,10-11H2,(H,20,23). The van der Waals surface area contributed by atoms with Crippen molar-refractivity contribution in [3.8, 4) is 5.88 Å². The van der Waals surface area contributed by atoms with Crippen LogP contribution in [0, 0.1) is 5.92 Å². The van der Waals surface area contributed by atoms with Gasteiger partial charge in [-0.2, -0.15) is 4.52 Å². The molecule has 128 valence electrons. The molecule has 0 atom stereocenters. The summed E-state index contributed by atoms with van der Waals surface area (Å²) in [4.78, 5) is 4.28. The Bertz CT molecular complexity index is 899. The van der Waals surface area contributed by atoms with Crippen LogP contribution in [-0.4, -0.2) is 31.4 Å². The van der Waals surface area contributed by atoms with E-state index in [0.717, 1.165) is 35.4 Å². The van der Waals surface area contributed by atoms with Crippen molar-refractivity contribution in [1.82, 2.24) is 24.8 Å². The van der Waals surface area contributed by atoms with E-state index in [1.54, 1.807) is 6.20 Å². The Morgan fingerprint density at radius 3 is 2.88 bits per heavy atom. The van der Waals surface area contributed by atoms with Gasteiger partial charge < -0.3 is 10.1 Å². The lowest BCUT2D eigenvalue weighted by atomic mass is 10.2. The van der Waals surface area contributed by atoms with Crippen molar-refractivity contribution >= 4 is 11.5 Å². The molecule has 0 amide bonds. The number of fused-ring (bicyclic) bond motifs is 1. The maximum atomic E-state index is 5.74. The van der Waals surface area contributed by atoms with Crippen molar-refractivity contribution in [1.29, 1.82) is 0 Å². The van der Waals surface area contributed by atoms with E-state index in [4.69, 9.17) is 4.74 Å². The average molecular weight is 336 g/mol. The third kappa shape index (κ3) is 3.26. The fourth-order valence-corrected chi connectivity index (χ4v) is 2.82.